The normalized spacial score (nSPS) is 10.2. The molecule has 0 bridgehead atoms. The maximum absolute atomic E-state index is 5.96. The molecule has 1 heterocycles. The van der Waals surface area contributed by atoms with Crippen LogP contribution in [0.25, 0.3) is 0 Å². The summed E-state index contributed by atoms with van der Waals surface area (Å²) in [6, 6.07) is 27.2. The number of furan rings is 1. The fourth-order valence-electron chi connectivity index (χ4n) is 2.40. The van der Waals surface area contributed by atoms with Crippen LogP contribution in [0.2, 0.25) is 0 Å². The van der Waals surface area contributed by atoms with Crippen LogP contribution >= 0.6 is 17.8 Å². The lowest BCUT2D eigenvalue weighted by atomic mass is 10.2. The van der Waals surface area contributed by atoms with Gasteiger partial charge in [-0.15, -0.1) is 0 Å². The van der Waals surface area contributed by atoms with E-state index in [1.54, 1.807) is 6.26 Å². The molecule has 0 aliphatic rings. The van der Waals surface area contributed by atoms with E-state index < -0.39 is 8.60 Å². The maximum atomic E-state index is 5.96. The van der Waals surface area contributed by atoms with E-state index in [0.717, 1.165) is 22.7 Å². The third-order valence-electron chi connectivity index (χ3n) is 4.15. The quantitative estimate of drug-likeness (QED) is 0.291. The summed E-state index contributed by atoms with van der Waals surface area (Å²) in [4.78, 5) is 0. The van der Waals surface area contributed by atoms with Gasteiger partial charge in [-0.2, -0.15) is 0 Å². The van der Waals surface area contributed by atoms with Crippen molar-refractivity contribution >= 4 is 23.3 Å². The van der Waals surface area contributed by atoms with Crippen LogP contribution in [0.5, 0.6) is 17.2 Å². The molecule has 0 aliphatic carbocycles. The lowest BCUT2D eigenvalue weighted by Crippen LogP contribution is -2.02. The largest absolute Gasteiger partial charge is 0.530 e. The number of hydrogen-bond donors (Lipinski definition) is 0. The monoisotopic (exact) mass is 452 g/mol. The van der Waals surface area contributed by atoms with E-state index in [1.807, 2.05) is 106 Å². The fraction of sp³-hybridized carbons (Fsp3) is 0.120. The molecule has 0 N–H and O–H groups in total. The molecule has 4 rings (SSSR count). The lowest BCUT2D eigenvalue weighted by molar-refractivity contribution is 0.388. The van der Waals surface area contributed by atoms with Crippen molar-refractivity contribution in [2.45, 2.75) is 20.8 Å². The van der Waals surface area contributed by atoms with Crippen molar-refractivity contribution in [2.75, 3.05) is 0 Å². The average Bonchev–Trinajstić information content (AvgIpc) is 3.24. The standard InChI is InChI=1S/C21H21O3P.C4H5OP/c1-16-4-10-19(11-5-16)22-25(23-20-12-6-17(2)7-13-20)24-21-14-8-18(3)9-15-21;6-4-2-1-3-5-4/h4-15H,1-3H3;1-3H,6H2. The Labute approximate surface area is 187 Å². The molecule has 31 heavy (non-hydrogen) atoms. The van der Waals surface area contributed by atoms with Crippen LogP contribution in [0, 0.1) is 20.8 Å². The van der Waals surface area contributed by atoms with Gasteiger partial charge in [0.1, 0.15) is 22.7 Å². The first kappa shape index (κ1) is 22.9. The maximum Gasteiger partial charge on any atom is 0.530 e. The summed E-state index contributed by atoms with van der Waals surface area (Å²) in [5, 5.41) is 0. The summed E-state index contributed by atoms with van der Waals surface area (Å²) in [6.45, 7) is 6.12. The highest BCUT2D eigenvalue weighted by Crippen LogP contribution is 2.42. The Morgan fingerprint density at radius 2 is 0.935 bits per heavy atom. The average molecular weight is 452 g/mol. The number of aryl methyl sites for hydroxylation is 3. The molecule has 160 valence electrons. The summed E-state index contributed by atoms with van der Waals surface area (Å²) in [7, 11) is 0.831. The minimum Gasteiger partial charge on any atom is -0.465 e. The SMILES string of the molecule is Cc1ccc(OP(Oc2ccc(C)cc2)Oc2ccc(C)cc2)cc1.Pc1ccco1. The molecule has 0 fully saturated rings. The molecule has 6 heteroatoms. The highest BCUT2D eigenvalue weighted by atomic mass is 31.2. The zero-order valence-electron chi connectivity index (χ0n) is 17.8. The van der Waals surface area contributed by atoms with Gasteiger partial charge in [-0.05, 0) is 69.3 Å². The van der Waals surface area contributed by atoms with Crippen molar-refractivity contribution in [1.82, 2.24) is 0 Å². The van der Waals surface area contributed by atoms with Crippen molar-refractivity contribution in [3.63, 3.8) is 0 Å². The van der Waals surface area contributed by atoms with Crippen molar-refractivity contribution in [3.05, 3.63) is 108 Å². The van der Waals surface area contributed by atoms with Crippen LogP contribution < -0.4 is 19.1 Å². The van der Waals surface area contributed by atoms with E-state index in [1.165, 1.54) is 16.7 Å². The highest BCUT2D eigenvalue weighted by molar-refractivity contribution is 7.43. The predicted octanol–water partition coefficient (Wildman–Crippen LogP) is 7.16. The molecule has 0 aliphatic heterocycles. The first-order valence-electron chi connectivity index (χ1n) is 9.81. The van der Waals surface area contributed by atoms with E-state index in [4.69, 9.17) is 18.0 Å². The predicted molar refractivity (Wildman–Crippen MR) is 130 cm³/mol. The molecular weight excluding hydrogens is 426 g/mol. The second kappa shape index (κ2) is 11.6. The van der Waals surface area contributed by atoms with E-state index in [9.17, 15) is 0 Å². The van der Waals surface area contributed by atoms with Gasteiger partial charge in [0, 0.05) is 0 Å². The van der Waals surface area contributed by atoms with Crippen LogP contribution in [0.3, 0.4) is 0 Å². The molecule has 4 nitrogen and oxygen atoms in total. The van der Waals surface area contributed by atoms with E-state index in [-0.39, 0.29) is 0 Å². The topological polar surface area (TPSA) is 40.8 Å². The van der Waals surface area contributed by atoms with Crippen LogP contribution in [0.15, 0.2) is 95.6 Å². The Morgan fingerprint density at radius 3 is 1.16 bits per heavy atom. The van der Waals surface area contributed by atoms with Gasteiger partial charge in [0.15, 0.2) is 0 Å². The molecule has 1 atom stereocenters. The third kappa shape index (κ3) is 8.09. The van der Waals surface area contributed by atoms with Gasteiger partial charge in [0.05, 0.1) is 6.26 Å². The van der Waals surface area contributed by atoms with Crippen LogP contribution in [0.4, 0.5) is 0 Å². The summed E-state index contributed by atoms with van der Waals surface area (Å²) in [5.41, 5.74) is 4.41. The van der Waals surface area contributed by atoms with Crippen molar-refractivity contribution < 1.29 is 18.0 Å². The summed E-state index contributed by atoms with van der Waals surface area (Å²) in [5.74, 6) is 2.16. The molecule has 3 aromatic carbocycles. The second-order valence-electron chi connectivity index (χ2n) is 6.95. The summed E-state index contributed by atoms with van der Waals surface area (Å²) >= 11 is 0. The number of hydrogen-bond acceptors (Lipinski definition) is 4. The molecular formula is C25H26O4P2. The third-order valence-corrected chi connectivity index (χ3v) is 5.55. The summed E-state index contributed by atoms with van der Waals surface area (Å²) in [6.07, 6.45) is 1.64. The Bertz CT molecular complexity index is 916. The highest BCUT2D eigenvalue weighted by Gasteiger charge is 2.19. The van der Waals surface area contributed by atoms with E-state index in [2.05, 4.69) is 9.24 Å². The summed E-state index contributed by atoms with van der Waals surface area (Å²) < 4.78 is 22.7. The number of benzene rings is 3. The first-order valence-corrected chi connectivity index (χ1v) is 11.5. The van der Waals surface area contributed by atoms with Gasteiger partial charge < -0.3 is 18.0 Å². The van der Waals surface area contributed by atoms with Crippen LogP contribution in [-0.4, -0.2) is 0 Å². The molecule has 0 amide bonds. The Hall–Kier alpha value is -2.80. The van der Waals surface area contributed by atoms with Gasteiger partial charge in [-0.25, -0.2) is 0 Å². The molecule has 4 aromatic rings. The molecule has 0 radical (unpaired) electrons. The molecule has 0 saturated carbocycles. The van der Waals surface area contributed by atoms with Crippen molar-refractivity contribution in [3.8, 4) is 17.2 Å². The fourth-order valence-corrected chi connectivity index (χ4v) is 3.59. The molecule has 1 unspecified atom stereocenters. The molecule has 0 spiro atoms. The van der Waals surface area contributed by atoms with Crippen molar-refractivity contribution in [1.29, 1.82) is 0 Å². The lowest BCUT2D eigenvalue weighted by Gasteiger charge is -2.18. The van der Waals surface area contributed by atoms with E-state index in [0.29, 0.717) is 0 Å². The van der Waals surface area contributed by atoms with Crippen LogP contribution in [0.1, 0.15) is 16.7 Å². The minimum absolute atomic E-state index is 0.718. The van der Waals surface area contributed by atoms with Gasteiger partial charge >= 0.3 is 8.60 Å². The Balaban J connectivity index is 0.000000391. The van der Waals surface area contributed by atoms with Gasteiger partial charge in [0.25, 0.3) is 0 Å². The minimum atomic E-state index is -1.62. The Morgan fingerprint density at radius 1 is 0.581 bits per heavy atom. The van der Waals surface area contributed by atoms with E-state index >= 15 is 0 Å². The zero-order valence-corrected chi connectivity index (χ0v) is 19.9. The van der Waals surface area contributed by atoms with Gasteiger partial charge in [-0.3, -0.25) is 0 Å². The van der Waals surface area contributed by atoms with Crippen molar-refractivity contribution in [2.24, 2.45) is 0 Å². The number of rotatable bonds is 6. The smallest absolute Gasteiger partial charge is 0.465 e. The molecule has 1 aromatic heterocycles. The van der Waals surface area contributed by atoms with Gasteiger partial charge in [-0.1, -0.05) is 62.3 Å². The first-order chi connectivity index (χ1) is 15.0. The molecule has 0 saturated heterocycles. The van der Waals surface area contributed by atoms with Gasteiger partial charge in [0.2, 0.25) is 0 Å². The zero-order chi connectivity index (χ0) is 22.1. The second-order valence-corrected chi connectivity index (χ2v) is 8.52. The van der Waals surface area contributed by atoms with Crippen LogP contribution in [-0.2, 0) is 0 Å². The Kier molecular flexibility index (Phi) is 8.53.